The van der Waals surface area contributed by atoms with Crippen molar-refractivity contribution in [1.29, 1.82) is 0 Å². The number of fused-ring (bicyclic) bond motifs is 2. The maximum atomic E-state index is 10.5. The van der Waals surface area contributed by atoms with E-state index < -0.39 is 0 Å². The van der Waals surface area contributed by atoms with Crippen molar-refractivity contribution in [3.8, 4) is 11.6 Å². The van der Waals surface area contributed by atoms with E-state index in [1.165, 1.54) is 10.9 Å². The summed E-state index contributed by atoms with van der Waals surface area (Å²) in [5.74, 6) is 0.294. The quantitative estimate of drug-likeness (QED) is 0.556. The highest BCUT2D eigenvalue weighted by molar-refractivity contribution is 5.91. The minimum Gasteiger partial charge on any atom is -0.494 e. The molecular weight excluding hydrogens is 260 g/mol. The van der Waals surface area contributed by atoms with Crippen LogP contribution >= 0.6 is 0 Å². The lowest BCUT2D eigenvalue weighted by Gasteiger charge is -2.06. The molecule has 3 nitrogen and oxygen atoms in total. The van der Waals surface area contributed by atoms with Crippen molar-refractivity contribution < 1.29 is 5.11 Å². The summed E-state index contributed by atoms with van der Waals surface area (Å²) < 4.78 is 3.94. The Bertz CT molecular complexity index is 976. The van der Waals surface area contributed by atoms with E-state index in [9.17, 15) is 5.11 Å². The predicted octanol–water partition coefficient (Wildman–Crippen LogP) is 4.14. The van der Waals surface area contributed by atoms with Crippen LogP contribution in [0.1, 0.15) is 5.56 Å². The third kappa shape index (κ3) is 1.67. The SMILES string of the molecule is Cc1cccc2c(O)n(-c3ccc4ccn(C)c4c3)cc12. The second kappa shape index (κ2) is 4.16. The molecule has 4 rings (SSSR count). The van der Waals surface area contributed by atoms with Crippen molar-refractivity contribution in [2.75, 3.05) is 0 Å². The van der Waals surface area contributed by atoms with Gasteiger partial charge in [-0.3, -0.25) is 4.57 Å². The lowest BCUT2D eigenvalue weighted by molar-refractivity contribution is 0.448. The second-order valence-electron chi connectivity index (χ2n) is 5.53. The van der Waals surface area contributed by atoms with Crippen LogP contribution in [0, 0.1) is 6.92 Å². The standard InChI is InChI=1S/C18H16N2O/c1-12-4-3-5-15-16(12)11-20(18(15)21)14-7-6-13-8-9-19(2)17(13)10-14/h3-11,21H,1-2H3. The van der Waals surface area contributed by atoms with Crippen LogP contribution in [0.5, 0.6) is 5.88 Å². The maximum Gasteiger partial charge on any atom is 0.203 e. The highest BCUT2D eigenvalue weighted by atomic mass is 16.3. The molecule has 0 fully saturated rings. The van der Waals surface area contributed by atoms with E-state index >= 15 is 0 Å². The molecule has 0 aliphatic rings. The molecule has 0 unspecified atom stereocenters. The van der Waals surface area contributed by atoms with Crippen LogP contribution in [0.25, 0.3) is 27.4 Å². The Hall–Kier alpha value is -2.68. The summed E-state index contributed by atoms with van der Waals surface area (Å²) in [5.41, 5.74) is 3.29. The first-order valence-electron chi connectivity index (χ1n) is 7.00. The van der Waals surface area contributed by atoms with E-state index in [4.69, 9.17) is 0 Å². The molecule has 0 atom stereocenters. The monoisotopic (exact) mass is 276 g/mol. The molecule has 0 saturated carbocycles. The Morgan fingerprint density at radius 1 is 1.00 bits per heavy atom. The normalized spacial score (nSPS) is 11.5. The van der Waals surface area contributed by atoms with Crippen LogP contribution in [0.4, 0.5) is 0 Å². The average molecular weight is 276 g/mol. The molecule has 0 saturated heterocycles. The fourth-order valence-electron chi connectivity index (χ4n) is 2.96. The topological polar surface area (TPSA) is 30.1 Å². The first kappa shape index (κ1) is 12.1. The van der Waals surface area contributed by atoms with Gasteiger partial charge in [0, 0.05) is 35.7 Å². The smallest absolute Gasteiger partial charge is 0.203 e. The van der Waals surface area contributed by atoms with E-state index in [0.717, 1.165) is 22.0 Å². The summed E-state index contributed by atoms with van der Waals surface area (Å²) in [6.45, 7) is 2.06. The molecule has 2 aromatic heterocycles. The maximum absolute atomic E-state index is 10.5. The number of nitrogens with zero attached hydrogens (tertiary/aromatic N) is 2. The van der Waals surface area contributed by atoms with E-state index in [-0.39, 0.29) is 0 Å². The zero-order valence-electron chi connectivity index (χ0n) is 12.0. The zero-order chi connectivity index (χ0) is 14.6. The number of benzene rings is 2. The summed E-state index contributed by atoms with van der Waals surface area (Å²) in [6.07, 6.45) is 4.05. The number of rotatable bonds is 1. The number of hydrogen-bond donors (Lipinski definition) is 1. The van der Waals surface area contributed by atoms with Gasteiger partial charge in [0.15, 0.2) is 0 Å². The summed E-state index contributed by atoms with van der Waals surface area (Å²) >= 11 is 0. The minimum atomic E-state index is 0.294. The van der Waals surface area contributed by atoms with Gasteiger partial charge < -0.3 is 9.67 Å². The fourth-order valence-corrected chi connectivity index (χ4v) is 2.96. The molecule has 0 amide bonds. The Kier molecular flexibility index (Phi) is 2.39. The second-order valence-corrected chi connectivity index (χ2v) is 5.53. The van der Waals surface area contributed by atoms with E-state index in [0.29, 0.717) is 5.88 Å². The largest absolute Gasteiger partial charge is 0.494 e. The van der Waals surface area contributed by atoms with Crippen LogP contribution in [0.15, 0.2) is 54.9 Å². The van der Waals surface area contributed by atoms with Crippen molar-refractivity contribution in [3.63, 3.8) is 0 Å². The number of aryl methyl sites for hydroxylation is 2. The summed E-state index contributed by atoms with van der Waals surface area (Å²) in [6, 6.07) is 14.3. The highest BCUT2D eigenvalue weighted by Crippen LogP contribution is 2.32. The predicted molar refractivity (Wildman–Crippen MR) is 86.2 cm³/mol. The molecule has 3 heteroatoms. The third-order valence-corrected chi connectivity index (χ3v) is 4.20. The number of aromatic nitrogens is 2. The number of aromatic hydroxyl groups is 1. The molecule has 4 aromatic rings. The van der Waals surface area contributed by atoms with Crippen molar-refractivity contribution in [2.24, 2.45) is 7.05 Å². The zero-order valence-corrected chi connectivity index (χ0v) is 12.0. The lowest BCUT2D eigenvalue weighted by atomic mass is 10.1. The highest BCUT2D eigenvalue weighted by Gasteiger charge is 2.11. The van der Waals surface area contributed by atoms with Crippen LogP contribution in [-0.2, 0) is 7.05 Å². The van der Waals surface area contributed by atoms with Crippen molar-refractivity contribution in [3.05, 3.63) is 60.4 Å². The average Bonchev–Trinajstić information content (AvgIpc) is 3.02. The van der Waals surface area contributed by atoms with Crippen molar-refractivity contribution in [1.82, 2.24) is 9.13 Å². The van der Waals surface area contributed by atoms with Crippen molar-refractivity contribution >= 4 is 21.7 Å². The Morgan fingerprint density at radius 3 is 2.67 bits per heavy atom. The van der Waals surface area contributed by atoms with E-state index in [2.05, 4.69) is 35.8 Å². The van der Waals surface area contributed by atoms with Gasteiger partial charge >= 0.3 is 0 Å². The minimum absolute atomic E-state index is 0.294. The van der Waals surface area contributed by atoms with Crippen LogP contribution in [-0.4, -0.2) is 14.2 Å². The summed E-state index contributed by atoms with van der Waals surface area (Å²) in [4.78, 5) is 0. The molecule has 0 spiro atoms. The van der Waals surface area contributed by atoms with E-state index in [1.807, 2.05) is 42.2 Å². The molecule has 0 aliphatic heterocycles. The fraction of sp³-hybridized carbons (Fsp3) is 0.111. The Balaban J connectivity index is 2.01. The van der Waals surface area contributed by atoms with E-state index in [1.54, 1.807) is 0 Å². The summed E-state index contributed by atoms with van der Waals surface area (Å²) in [5, 5.41) is 13.7. The Morgan fingerprint density at radius 2 is 1.86 bits per heavy atom. The third-order valence-electron chi connectivity index (χ3n) is 4.20. The van der Waals surface area contributed by atoms with Gasteiger partial charge in [-0.05, 0) is 42.1 Å². The van der Waals surface area contributed by atoms with Crippen LogP contribution in [0.3, 0.4) is 0 Å². The molecule has 2 aromatic carbocycles. The van der Waals surface area contributed by atoms with Gasteiger partial charge in [-0.1, -0.05) is 18.2 Å². The Labute approximate surface area is 122 Å². The molecule has 1 N–H and O–H groups in total. The molecule has 21 heavy (non-hydrogen) atoms. The molecule has 0 radical (unpaired) electrons. The number of hydrogen-bond acceptors (Lipinski definition) is 1. The van der Waals surface area contributed by atoms with Gasteiger partial charge in [0.05, 0.1) is 5.69 Å². The van der Waals surface area contributed by atoms with Crippen LogP contribution < -0.4 is 0 Å². The lowest BCUT2D eigenvalue weighted by Crippen LogP contribution is -1.92. The first-order valence-corrected chi connectivity index (χ1v) is 7.00. The van der Waals surface area contributed by atoms with Gasteiger partial charge in [-0.25, -0.2) is 0 Å². The van der Waals surface area contributed by atoms with Crippen molar-refractivity contribution in [2.45, 2.75) is 6.92 Å². The van der Waals surface area contributed by atoms with Gasteiger partial charge in [0.25, 0.3) is 0 Å². The van der Waals surface area contributed by atoms with Gasteiger partial charge in [0.2, 0.25) is 5.88 Å². The van der Waals surface area contributed by atoms with Gasteiger partial charge in [-0.2, -0.15) is 0 Å². The van der Waals surface area contributed by atoms with Crippen LogP contribution in [0.2, 0.25) is 0 Å². The van der Waals surface area contributed by atoms with Gasteiger partial charge in [0.1, 0.15) is 0 Å². The first-order chi connectivity index (χ1) is 10.1. The van der Waals surface area contributed by atoms with Gasteiger partial charge in [-0.15, -0.1) is 0 Å². The molecule has 0 aliphatic carbocycles. The molecule has 2 heterocycles. The molecule has 104 valence electrons. The summed E-state index contributed by atoms with van der Waals surface area (Å²) in [7, 11) is 2.03. The molecule has 0 bridgehead atoms. The molecular formula is C18H16N2O.